The van der Waals surface area contributed by atoms with Crippen LogP contribution in [0.3, 0.4) is 0 Å². The summed E-state index contributed by atoms with van der Waals surface area (Å²) in [5, 5.41) is 12.2. The third-order valence-electron chi connectivity index (χ3n) is 5.15. The first kappa shape index (κ1) is 19.9. The van der Waals surface area contributed by atoms with E-state index in [1.807, 2.05) is 24.3 Å². The molecule has 2 atom stereocenters. The number of para-hydroxylation sites is 1. The molecule has 1 saturated carbocycles. The predicted octanol–water partition coefficient (Wildman–Crippen LogP) is 3.91. The number of halogens is 1. The number of ether oxygens (including phenoxy) is 1. The molecule has 0 spiro atoms. The van der Waals surface area contributed by atoms with Gasteiger partial charge < -0.3 is 15.2 Å². The largest absolute Gasteiger partial charge is 0.489 e. The standard InChI is InChI=1S/C22H24FNO4/c23-17-11-9-15(10-12-17)14-28-20-8-4-1-5-16(20)13-24-21(25)18-6-2-3-7-19(18)22(26)27/h1,4-5,8-12,18-19H,2-3,6-7,13-14H2,(H,24,25)(H,26,27). The van der Waals surface area contributed by atoms with Gasteiger partial charge in [-0.2, -0.15) is 0 Å². The Kier molecular flexibility index (Phi) is 6.63. The molecule has 2 aromatic rings. The van der Waals surface area contributed by atoms with Crippen molar-refractivity contribution in [2.45, 2.75) is 38.8 Å². The molecule has 0 saturated heterocycles. The van der Waals surface area contributed by atoms with Crippen LogP contribution < -0.4 is 10.1 Å². The van der Waals surface area contributed by atoms with Gasteiger partial charge in [0, 0.05) is 12.1 Å². The Morgan fingerprint density at radius 2 is 1.71 bits per heavy atom. The molecule has 1 amide bonds. The molecule has 1 fully saturated rings. The molecular weight excluding hydrogens is 361 g/mol. The number of carbonyl (C=O) groups excluding carboxylic acids is 1. The molecular formula is C22H24FNO4. The zero-order chi connectivity index (χ0) is 19.9. The Hall–Kier alpha value is -2.89. The molecule has 0 bridgehead atoms. The van der Waals surface area contributed by atoms with Crippen LogP contribution in [0.1, 0.15) is 36.8 Å². The van der Waals surface area contributed by atoms with Crippen LogP contribution in [-0.4, -0.2) is 17.0 Å². The molecule has 2 unspecified atom stereocenters. The van der Waals surface area contributed by atoms with Crippen LogP contribution in [-0.2, 0) is 22.7 Å². The zero-order valence-electron chi connectivity index (χ0n) is 15.6. The van der Waals surface area contributed by atoms with E-state index in [4.69, 9.17) is 4.74 Å². The molecule has 6 heteroatoms. The lowest BCUT2D eigenvalue weighted by molar-refractivity contribution is -0.148. The third-order valence-corrected chi connectivity index (χ3v) is 5.15. The van der Waals surface area contributed by atoms with Crippen molar-refractivity contribution in [1.82, 2.24) is 5.32 Å². The summed E-state index contributed by atoms with van der Waals surface area (Å²) in [6, 6.07) is 13.5. The second-order valence-electron chi connectivity index (χ2n) is 7.08. The number of carboxylic acids is 1. The molecule has 5 nitrogen and oxygen atoms in total. The molecule has 0 heterocycles. The first-order valence-corrected chi connectivity index (χ1v) is 9.50. The average Bonchev–Trinajstić information content (AvgIpc) is 2.72. The van der Waals surface area contributed by atoms with Crippen molar-refractivity contribution in [3.8, 4) is 5.75 Å². The fourth-order valence-corrected chi connectivity index (χ4v) is 3.59. The number of hydrogen-bond donors (Lipinski definition) is 2. The third kappa shape index (κ3) is 5.09. The summed E-state index contributed by atoms with van der Waals surface area (Å²) in [4.78, 5) is 24.0. The highest BCUT2D eigenvalue weighted by Crippen LogP contribution is 2.30. The monoisotopic (exact) mass is 385 g/mol. The molecule has 148 valence electrons. The van der Waals surface area contributed by atoms with Gasteiger partial charge in [-0.1, -0.05) is 43.2 Å². The molecule has 2 N–H and O–H groups in total. The summed E-state index contributed by atoms with van der Waals surface area (Å²) in [6.07, 6.45) is 2.87. The summed E-state index contributed by atoms with van der Waals surface area (Å²) in [5.41, 5.74) is 1.65. The molecule has 0 aromatic heterocycles. The fraction of sp³-hybridized carbons (Fsp3) is 0.364. The maximum Gasteiger partial charge on any atom is 0.307 e. The Balaban J connectivity index is 1.60. The van der Waals surface area contributed by atoms with Crippen LogP contribution in [0, 0.1) is 17.7 Å². The van der Waals surface area contributed by atoms with Gasteiger partial charge in [0.05, 0.1) is 11.8 Å². The second kappa shape index (κ2) is 9.35. The van der Waals surface area contributed by atoms with E-state index >= 15 is 0 Å². The minimum absolute atomic E-state index is 0.222. The summed E-state index contributed by atoms with van der Waals surface area (Å²) in [7, 11) is 0. The number of carbonyl (C=O) groups is 2. The van der Waals surface area contributed by atoms with Crippen LogP contribution in [0.2, 0.25) is 0 Å². The summed E-state index contributed by atoms with van der Waals surface area (Å²) in [5.74, 6) is -1.89. The molecule has 0 aliphatic heterocycles. The van der Waals surface area contributed by atoms with E-state index in [9.17, 15) is 19.1 Å². The normalized spacial score (nSPS) is 19.0. The highest BCUT2D eigenvalue weighted by atomic mass is 19.1. The Morgan fingerprint density at radius 1 is 1.04 bits per heavy atom. The number of benzene rings is 2. The van der Waals surface area contributed by atoms with Gasteiger partial charge in [-0.3, -0.25) is 9.59 Å². The van der Waals surface area contributed by atoms with Gasteiger partial charge in [-0.25, -0.2) is 4.39 Å². The lowest BCUT2D eigenvalue weighted by atomic mass is 9.78. The quantitative estimate of drug-likeness (QED) is 0.758. The van der Waals surface area contributed by atoms with Crippen LogP contribution in [0.5, 0.6) is 5.75 Å². The van der Waals surface area contributed by atoms with Gasteiger partial charge in [0.25, 0.3) is 0 Å². The maximum absolute atomic E-state index is 13.0. The van der Waals surface area contributed by atoms with Crippen molar-refractivity contribution in [3.63, 3.8) is 0 Å². The van der Waals surface area contributed by atoms with E-state index in [0.717, 1.165) is 24.0 Å². The highest BCUT2D eigenvalue weighted by Gasteiger charge is 2.35. The zero-order valence-corrected chi connectivity index (χ0v) is 15.6. The SMILES string of the molecule is O=C(O)C1CCCCC1C(=O)NCc1ccccc1OCc1ccc(F)cc1. The van der Waals surface area contributed by atoms with Gasteiger partial charge in [-0.05, 0) is 36.6 Å². The first-order valence-electron chi connectivity index (χ1n) is 9.50. The average molecular weight is 385 g/mol. The molecule has 2 aromatic carbocycles. The van der Waals surface area contributed by atoms with E-state index < -0.39 is 17.8 Å². The Morgan fingerprint density at radius 3 is 2.43 bits per heavy atom. The molecule has 1 aliphatic carbocycles. The predicted molar refractivity (Wildman–Crippen MR) is 102 cm³/mol. The number of hydrogen-bond acceptors (Lipinski definition) is 3. The number of nitrogens with one attached hydrogen (secondary N) is 1. The fourth-order valence-electron chi connectivity index (χ4n) is 3.59. The lowest BCUT2D eigenvalue weighted by Crippen LogP contribution is -2.39. The van der Waals surface area contributed by atoms with Crippen LogP contribution >= 0.6 is 0 Å². The van der Waals surface area contributed by atoms with Gasteiger partial charge in [0.2, 0.25) is 5.91 Å². The Labute approximate surface area is 163 Å². The molecule has 1 aliphatic rings. The maximum atomic E-state index is 13.0. The van der Waals surface area contributed by atoms with Gasteiger partial charge in [0.15, 0.2) is 0 Å². The smallest absolute Gasteiger partial charge is 0.307 e. The summed E-state index contributed by atoms with van der Waals surface area (Å²) >= 11 is 0. The highest BCUT2D eigenvalue weighted by molar-refractivity contribution is 5.84. The van der Waals surface area contributed by atoms with E-state index in [-0.39, 0.29) is 24.9 Å². The van der Waals surface area contributed by atoms with E-state index in [0.29, 0.717) is 18.6 Å². The van der Waals surface area contributed by atoms with E-state index in [1.165, 1.54) is 12.1 Å². The number of rotatable bonds is 7. The number of amides is 1. The van der Waals surface area contributed by atoms with Crippen molar-refractivity contribution in [3.05, 3.63) is 65.5 Å². The first-order chi connectivity index (χ1) is 13.5. The minimum Gasteiger partial charge on any atom is -0.489 e. The van der Waals surface area contributed by atoms with Gasteiger partial charge >= 0.3 is 5.97 Å². The molecule has 0 radical (unpaired) electrons. The van der Waals surface area contributed by atoms with Crippen molar-refractivity contribution < 1.29 is 23.8 Å². The number of carboxylic acid groups (broad SMARTS) is 1. The van der Waals surface area contributed by atoms with Gasteiger partial charge in [0.1, 0.15) is 18.2 Å². The Bertz CT molecular complexity index is 822. The topological polar surface area (TPSA) is 75.6 Å². The van der Waals surface area contributed by atoms with Crippen LogP contribution in [0.4, 0.5) is 4.39 Å². The van der Waals surface area contributed by atoms with Crippen LogP contribution in [0.25, 0.3) is 0 Å². The van der Waals surface area contributed by atoms with Crippen molar-refractivity contribution in [2.24, 2.45) is 11.8 Å². The number of aliphatic carboxylic acids is 1. The summed E-state index contributed by atoms with van der Waals surface area (Å²) < 4.78 is 18.8. The van der Waals surface area contributed by atoms with Gasteiger partial charge in [-0.15, -0.1) is 0 Å². The molecule has 28 heavy (non-hydrogen) atoms. The molecule has 3 rings (SSSR count). The summed E-state index contributed by atoms with van der Waals surface area (Å²) in [6.45, 7) is 0.552. The van der Waals surface area contributed by atoms with Crippen molar-refractivity contribution >= 4 is 11.9 Å². The van der Waals surface area contributed by atoms with Crippen molar-refractivity contribution in [2.75, 3.05) is 0 Å². The minimum atomic E-state index is -0.900. The van der Waals surface area contributed by atoms with Crippen molar-refractivity contribution in [1.29, 1.82) is 0 Å². The van der Waals surface area contributed by atoms with E-state index in [2.05, 4.69) is 5.32 Å². The van der Waals surface area contributed by atoms with E-state index in [1.54, 1.807) is 12.1 Å². The second-order valence-corrected chi connectivity index (χ2v) is 7.08. The van der Waals surface area contributed by atoms with Crippen LogP contribution in [0.15, 0.2) is 48.5 Å². The lowest BCUT2D eigenvalue weighted by Gasteiger charge is -2.27.